The van der Waals surface area contributed by atoms with Crippen LogP contribution in [-0.4, -0.2) is 15.7 Å². The molecule has 0 radical (unpaired) electrons. The van der Waals surface area contributed by atoms with Crippen LogP contribution >= 0.6 is 0 Å². The highest BCUT2D eigenvalue weighted by Gasteiger charge is 2.12. The Bertz CT molecular complexity index is 1130. The van der Waals surface area contributed by atoms with Crippen molar-refractivity contribution >= 4 is 16.7 Å². The zero-order chi connectivity index (χ0) is 18.5. The largest absolute Gasteiger partial charge is 0.346 e. The highest BCUT2D eigenvalue weighted by molar-refractivity contribution is 5.94. The molecule has 1 aromatic heterocycles. The molecule has 0 fully saturated rings. The van der Waals surface area contributed by atoms with Crippen molar-refractivity contribution in [3.8, 4) is 18.4 Å². The summed E-state index contributed by atoms with van der Waals surface area (Å²) in [5, 5.41) is 17.1. The van der Waals surface area contributed by atoms with Crippen molar-refractivity contribution < 1.29 is 4.79 Å². The Morgan fingerprint density at radius 1 is 1.19 bits per heavy atom. The standard InChI is InChI=1S/C20H14N4O2/c1-2-10-24-20(26)17-9-4-3-8-16(17)18(23-24)13-22-19(25)15-7-5-6-14(11-15)12-21/h1,3-9,11H,10,13H2,(H,22,25). The number of carbonyl (C=O) groups excluding carboxylic acids is 1. The zero-order valence-electron chi connectivity index (χ0n) is 13.8. The number of hydrogen-bond donors (Lipinski definition) is 1. The van der Waals surface area contributed by atoms with E-state index in [1.54, 1.807) is 42.5 Å². The van der Waals surface area contributed by atoms with Gasteiger partial charge in [0.25, 0.3) is 11.5 Å². The number of fused-ring (bicyclic) bond motifs is 1. The number of amides is 1. The SMILES string of the molecule is C#CCn1nc(CNC(=O)c2cccc(C#N)c2)c2ccccc2c1=O. The van der Waals surface area contributed by atoms with Gasteiger partial charge in [0.1, 0.15) is 6.54 Å². The van der Waals surface area contributed by atoms with E-state index in [0.717, 1.165) is 0 Å². The highest BCUT2D eigenvalue weighted by Crippen LogP contribution is 2.13. The molecule has 26 heavy (non-hydrogen) atoms. The van der Waals surface area contributed by atoms with Crippen LogP contribution in [0.2, 0.25) is 0 Å². The molecule has 0 atom stereocenters. The summed E-state index contributed by atoms with van der Waals surface area (Å²) in [5.74, 6) is 2.07. The number of hydrogen-bond acceptors (Lipinski definition) is 4. The van der Waals surface area contributed by atoms with Gasteiger partial charge in [0.2, 0.25) is 0 Å². The number of nitrogens with one attached hydrogen (secondary N) is 1. The summed E-state index contributed by atoms with van der Waals surface area (Å²) >= 11 is 0. The van der Waals surface area contributed by atoms with Gasteiger partial charge >= 0.3 is 0 Å². The molecule has 1 N–H and O–H groups in total. The second-order valence-corrected chi connectivity index (χ2v) is 5.53. The van der Waals surface area contributed by atoms with E-state index in [2.05, 4.69) is 16.3 Å². The number of nitrogens with zero attached hydrogens (tertiary/aromatic N) is 3. The number of aromatic nitrogens is 2. The van der Waals surface area contributed by atoms with Crippen molar-refractivity contribution in [3.05, 3.63) is 75.7 Å². The lowest BCUT2D eigenvalue weighted by molar-refractivity contribution is 0.0950. The topological polar surface area (TPSA) is 87.8 Å². The van der Waals surface area contributed by atoms with Gasteiger partial charge in [0.15, 0.2) is 0 Å². The summed E-state index contributed by atoms with van der Waals surface area (Å²) in [5.41, 5.74) is 1.06. The zero-order valence-corrected chi connectivity index (χ0v) is 13.8. The first-order valence-corrected chi connectivity index (χ1v) is 7.84. The Labute approximate surface area is 149 Å². The van der Waals surface area contributed by atoms with E-state index in [1.807, 2.05) is 6.07 Å². The summed E-state index contributed by atoms with van der Waals surface area (Å²) < 4.78 is 1.21. The lowest BCUT2D eigenvalue weighted by atomic mass is 10.1. The molecule has 1 heterocycles. The first-order valence-electron chi connectivity index (χ1n) is 7.84. The molecule has 0 aliphatic rings. The highest BCUT2D eigenvalue weighted by atomic mass is 16.1. The van der Waals surface area contributed by atoms with E-state index >= 15 is 0 Å². The molecule has 1 amide bonds. The molecule has 0 saturated carbocycles. The van der Waals surface area contributed by atoms with Gasteiger partial charge < -0.3 is 5.32 Å². The fourth-order valence-corrected chi connectivity index (χ4v) is 2.63. The Morgan fingerprint density at radius 3 is 2.69 bits per heavy atom. The number of benzene rings is 2. The van der Waals surface area contributed by atoms with Gasteiger partial charge in [-0.15, -0.1) is 6.42 Å². The van der Waals surface area contributed by atoms with Crippen LogP contribution in [0.1, 0.15) is 21.6 Å². The Morgan fingerprint density at radius 2 is 1.96 bits per heavy atom. The molecule has 0 aliphatic carbocycles. The maximum Gasteiger partial charge on any atom is 0.275 e. The van der Waals surface area contributed by atoms with Crippen LogP contribution in [0.5, 0.6) is 0 Å². The molecule has 0 saturated heterocycles. The van der Waals surface area contributed by atoms with E-state index in [4.69, 9.17) is 11.7 Å². The fourth-order valence-electron chi connectivity index (χ4n) is 2.63. The van der Waals surface area contributed by atoms with Crippen LogP contribution in [0.4, 0.5) is 0 Å². The minimum Gasteiger partial charge on any atom is -0.346 e. The van der Waals surface area contributed by atoms with E-state index in [9.17, 15) is 9.59 Å². The van der Waals surface area contributed by atoms with Crippen molar-refractivity contribution in [2.24, 2.45) is 0 Å². The number of rotatable bonds is 4. The van der Waals surface area contributed by atoms with Crippen molar-refractivity contribution in [1.29, 1.82) is 5.26 Å². The average Bonchev–Trinajstić information content (AvgIpc) is 2.69. The van der Waals surface area contributed by atoms with E-state index in [1.165, 1.54) is 10.7 Å². The summed E-state index contributed by atoms with van der Waals surface area (Å²) in [6.45, 7) is 0.176. The predicted molar refractivity (Wildman–Crippen MR) is 97.2 cm³/mol. The summed E-state index contributed by atoms with van der Waals surface area (Å²) in [6.07, 6.45) is 5.30. The maximum absolute atomic E-state index is 12.4. The summed E-state index contributed by atoms with van der Waals surface area (Å²) in [7, 11) is 0. The molecule has 3 rings (SSSR count). The number of nitriles is 1. The normalized spacial score (nSPS) is 10.1. The molecular formula is C20H14N4O2. The Hall–Kier alpha value is -3.90. The second kappa shape index (κ2) is 7.33. The molecule has 126 valence electrons. The van der Waals surface area contributed by atoms with Gasteiger partial charge in [-0.1, -0.05) is 30.2 Å². The Kier molecular flexibility index (Phi) is 4.78. The molecule has 6 heteroatoms. The van der Waals surface area contributed by atoms with Crippen LogP contribution in [0, 0.1) is 23.7 Å². The van der Waals surface area contributed by atoms with Crippen molar-refractivity contribution in [1.82, 2.24) is 15.1 Å². The third-order valence-corrected chi connectivity index (χ3v) is 3.86. The van der Waals surface area contributed by atoms with Crippen LogP contribution in [0.15, 0.2) is 53.3 Å². The van der Waals surface area contributed by atoms with Gasteiger partial charge in [0, 0.05) is 10.9 Å². The van der Waals surface area contributed by atoms with Crippen LogP contribution < -0.4 is 10.9 Å². The molecule has 3 aromatic rings. The van der Waals surface area contributed by atoms with Crippen LogP contribution in [-0.2, 0) is 13.1 Å². The van der Waals surface area contributed by atoms with Crippen LogP contribution in [0.3, 0.4) is 0 Å². The first kappa shape index (κ1) is 16.9. The second-order valence-electron chi connectivity index (χ2n) is 5.53. The van der Waals surface area contributed by atoms with Gasteiger partial charge in [-0.2, -0.15) is 10.4 Å². The predicted octanol–water partition coefficient (Wildman–Crippen LogP) is 1.83. The molecule has 6 nitrogen and oxygen atoms in total. The van der Waals surface area contributed by atoms with E-state index < -0.39 is 0 Å². The summed E-state index contributed by atoms with van der Waals surface area (Å²) in [6, 6.07) is 15.5. The average molecular weight is 342 g/mol. The van der Waals surface area contributed by atoms with E-state index in [0.29, 0.717) is 27.6 Å². The quantitative estimate of drug-likeness (QED) is 0.733. The lowest BCUT2D eigenvalue weighted by Gasteiger charge is -2.10. The summed E-state index contributed by atoms with van der Waals surface area (Å²) in [4.78, 5) is 24.7. The van der Waals surface area contributed by atoms with E-state index in [-0.39, 0.29) is 24.6 Å². The maximum atomic E-state index is 12.4. The van der Waals surface area contributed by atoms with Gasteiger partial charge in [-0.25, -0.2) is 4.68 Å². The molecule has 0 unspecified atom stereocenters. The third kappa shape index (κ3) is 3.31. The molecule has 0 bridgehead atoms. The number of carbonyl (C=O) groups is 1. The minimum absolute atomic E-state index is 0.0504. The monoisotopic (exact) mass is 342 g/mol. The molecule has 0 aliphatic heterocycles. The fraction of sp³-hybridized carbons (Fsp3) is 0.100. The van der Waals surface area contributed by atoms with Gasteiger partial charge in [-0.3, -0.25) is 9.59 Å². The third-order valence-electron chi connectivity index (χ3n) is 3.86. The molecule has 2 aromatic carbocycles. The smallest absolute Gasteiger partial charge is 0.275 e. The van der Waals surface area contributed by atoms with Gasteiger partial charge in [0.05, 0.1) is 29.3 Å². The van der Waals surface area contributed by atoms with Gasteiger partial charge in [-0.05, 0) is 24.3 Å². The van der Waals surface area contributed by atoms with Crippen molar-refractivity contribution in [2.75, 3.05) is 0 Å². The van der Waals surface area contributed by atoms with Crippen molar-refractivity contribution in [3.63, 3.8) is 0 Å². The lowest BCUT2D eigenvalue weighted by Crippen LogP contribution is -2.28. The first-order chi connectivity index (χ1) is 12.6. The Balaban J connectivity index is 1.92. The molecule has 0 spiro atoms. The minimum atomic E-state index is -0.331. The molecular weight excluding hydrogens is 328 g/mol. The van der Waals surface area contributed by atoms with Crippen LogP contribution in [0.25, 0.3) is 10.8 Å². The number of terminal acetylenes is 1. The van der Waals surface area contributed by atoms with Crippen molar-refractivity contribution in [2.45, 2.75) is 13.1 Å².